The summed E-state index contributed by atoms with van der Waals surface area (Å²) >= 11 is 1.80. The summed E-state index contributed by atoms with van der Waals surface area (Å²) in [6.07, 6.45) is 3.75. The number of rotatable bonds is 4. The van der Waals surface area contributed by atoms with Gasteiger partial charge in [-0.15, -0.1) is 11.8 Å². The van der Waals surface area contributed by atoms with Gasteiger partial charge in [-0.2, -0.15) is 0 Å². The van der Waals surface area contributed by atoms with Crippen LogP contribution in [0.2, 0.25) is 0 Å². The van der Waals surface area contributed by atoms with Crippen molar-refractivity contribution < 1.29 is 4.42 Å². The molecule has 100 valence electrons. The highest BCUT2D eigenvalue weighted by molar-refractivity contribution is 7.99. The van der Waals surface area contributed by atoms with Gasteiger partial charge in [-0.05, 0) is 61.6 Å². The Bertz CT molecular complexity index is 576. The molecule has 3 heteroatoms. The van der Waals surface area contributed by atoms with Crippen molar-refractivity contribution in [3.05, 3.63) is 53.0 Å². The number of hydrogen-bond acceptors (Lipinski definition) is 3. The molecule has 2 N–H and O–H groups in total. The lowest BCUT2D eigenvalue weighted by Gasteiger charge is -2.12. The second-order valence-electron chi connectivity index (χ2n) is 5.07. The molecule has 0 spiro atoms. The predicted octanol–water partition coefficient (Wildman–Crippen LogP) is 3.87. The van der Waals surface area contributed by atoms with E-state index < -0.39 is 0 Å². The van der Waals surface area contributed by atoms with Gasteiger partial charge in [0.15, 0.2) is 0 Å². The fourth-order valence-electron chi connectivity index (χ4n) is 2.63. The average Bonchev–Trinajstić information content (AvgIpc) is 3.04. The summed E-state index contributed by atoms with van der Waals surface area (Å²) in [6.45, 7) is 2.56. The molecular formula is C16H19NOS. The van der Waals surface area contributed by atoms with Gasteiger partial charge in [0.1, 0.15) is 11.5 Å². The maximum Gasteiger partial charge on any atom is 0.118 e. The summed E-state index contributed by atoms with van der Waals surface area (Å²) in [7, 11) is 0. The van der Waals surface area contributed by atoms with Gasteiger partial charge in [0.25, 0.3) is 0 Å². The predicted molar refractivity (Wildman–Crippen MR) is 79.6 cm³/mol. The number of furan rings is 1. The van der Waals surface area contributed by atoms with Crippen molar-refractivity contribution in [2.75, 3.05) is 6.54 Å². The summed E-state index contributed by atoms with van der Waals surface area (Å²) in [5.41, 5.74) is 8.92. The summed E-state index contributed by atoms with van der Waals surface area (Å²) in [4.78, 5) is 1.30. The number of aryl methyl sites for hydroxylation is 3. The molecule has 3 rings (SSSR count). The molecule has 1 aliphatic rings. The summed E-state index contributed by atoms with van der Waals surface area (Å²) in [5, 5.41) is 0.202. The number of nitrogens with two attached hydrogens (primary N) is 1. The van der Waals surface area contributed by atoms with Crippen LogP contribution < -0.4 is 5.73 Å². The fraction of sp³-hybridized carbons (Fsp3) is 0.375. The maximum atomic E-state index is 5.89. The van der Waals surface area contributed by atoms with Crippen molar-refractivity contribution in [3.63, 3.8) is 0 Å². The largest absolute Gasteiger partial charge is 0.465 e. The Morgan fingerprint density at radius 3 is 2.79 bits per heavy atom. The third-order valence-corrected chi connectivity index (χ3v) is 4.88. The lowest BCUT2D eigenvalue weighted by molar-refractivity contribution is 0.481. The van der Waals surface area contributed by atoms with Crippen LogP contribution in [0, 0.1) is 6.92 Å². The van der Waals surface area contributed by atoms with Crippen LogP contribution in [0.4, 0.5) is 0 Å². The zero-order valence-electron chi connectivity index (χ0n) is 11.2. The lowest BCUT2D eigenvalue weighted by Crippen LogP contribution is -2.08. The molecule has 0 saturated heterocycles. The Labute approximate surface area is 118 Å². The van der Waals surface area contributed by atoms with E-state index in [4.69, 9.17) is 10.2 Å². The van der Waals surface area contributed by atoms with Crippen LogP contribution in [0.3, 0.4) is 0 Å². The molecule has 1 heterocycles. The summed E-state index contributed by atoms with van der Waals surface area (Å²) in [6, 6.07) is 10.8. The molecule has 1 aromatic heterocycles. The van der Waals surface area contributed by atoms with E-state index in [1.54, 1.807) is 11.8 Å². The summed E-state index contributed by atoms with van der Waals surface area (Å²) in [5.74, 6) is 1.92. The minimum absolute atomic E-state index is 0.202. The molecule has 0 saturated carbocycles. The molecule has 2 aromatic rings. The van der Waals surface area contributed by atoms with E-state index in [-0.39, 0.29) is 5.25 Å². The highest BCUT2D eigenvalue weighted by Crippen LogP contribution is 2.37. The molecule has 1 unspecified atom stereocenters. The first-order chi connectivity index (χ1) is 9.26. The third-order valence-electron chi connectivity index (χ3n) is 3.64. The molecular weight excluding hydrogens is 254 g/mol. The number of fused-ring (bicyclic) bond motifs is 1. The van der Waals surface area contributed by atoms with E-state index >= 15 is 0 Å². The molecule has 1 aromatic carbocycles. The molecule has 0 radical (unpaired) electrons. The van der Waals surface area contributed by atoms with E-state index in [2.05, 4.69) is 18.2 Å². The van der Waals surface area contributed by atoms with Crippen LogP contribution in [0.15, 0.2) is 39.6 Å². The summed E-state index contributed by atoms with van der Waals surface area (Å²) < 4.78 is 5.70. The van der Waals surface area contributed by atoms with Crippen molar-refractivity contribution >= 4 is 11.8 Å². The molecule has 0 fully saturated rings. The fourth-order valence-corrected chi connectivity index (χ4v) is 3.66. The average molecular weight is 273 g/mol. The first-order valence-electron chi connectivity index (χ1n) is 6.81. The van der Waals surface area contributed by atoms with Gasteiger partial charge in [-0.3, -0.25) is 0 Å². The van der Waals surface area contributed by atoms with Gasteiger partial charge < -0.3 is 10.2 Å². The Kier molecular flexibility index (Phi) is 3.67. The standard InChI is InChI=1S/C16H19NOS/c1-11-5-8-15(18-11)16(10-17)19-14-7-6-12-3-2-4-13(12)9-14/h5-9,16H,2-4,10,17H2,1H3. The van der Waals surface area contributed by atoms with Crippen LogP contribution in [0.25, 0.3) is 0 Å². The van der Waals surface area contributed by atoms with Crippen molar-refractivity contribution in [1.29, 1.82) is 0 Å². The van der Waals surface area contributed by atoms with E-state index in [0.29, 0.717) is 6.54 Å². The number of thioether (sulfide) groups is 1. The Morgan fingerprint density at radius 1 is 1.21 bits per heavy atom. The quantitative estimate of drug-likeness (QED) is 0.860. The highest BCUT2D eigenvalue weighted by atomic mass is 32.2. The molecule has 0 bridgehead atoms. The van der Waals surface area contributed by atoms with E-state index in [1.807, 2.05) is 19.1 Å². The van der Waals surface area contributed by atoms with Gasteiger partial charge >= 0.3 is 0 Å². The van der Waals surface area contributed by atoms with Gasteiger partial charge in [0, 0.05) is 11.4 Å². The van der Waals surface area contributed by atoms with Gasteiger partial charge in [0.2, 0.25) is 0 Å². The van der Waals surface area contributed by atoms with Crippen molar-refractivity contribution in [2.45, 2.75) is 36.3 Å². The minimum atomic E-state index is 0.202. The zero-order valence-corrected chi connectivity index (χ0v) is 12.0. The molecule has 2 nitrogen and oxygen atoms in total. The Balaban J connectivity index is 1.79. The third kappa shape index (κ3) is 2.72. The van der Waals surface area contributed by atoms with E-state index in [0.717, 1.165) is 11.5 Å². The van der Waals surface area contributed by atoms with Gasteiger partial charge in [-0.1, -0.05) is 6.07 Å². The molecule has 1 atom stereocenters. The molecule has 0 amide bonds. The van der Waals surface area contributed by atoms with Crippen molar-refractivity contribution in [3.8, 4) is 0 Å². The van der Waals surface area contributed by atoms with Crippen LogP contribution in [-0.4, -0.2) is 6.54 Å². The van der Waals surface area contributed by atoms with E-state index in [1.165, 1.54) is 35.3 Å². The smallest absolute Gasteiger partial charge is 0.118 e. The first-order valence-corrected chi connectivity index (χ1v) is 7.69. The van der Waals surface area contributed by atoms with Crippen LogP contribution >= 0.6 is 11.8 Å². The highest BCUT2D eigenvalue weighted by Gasteiger charge is 2.17. The zero-order chi connectivity index (χ0) is 13.2. The van der Waals surface area contributed by atoms with Gasteiger partial charge in [-0.25, -0.2) is 0 Å². The maximum absolute atomic E-state index is 5.89. The van der Waals surface area contributed by atoms with Crippen molar-refractivity contribution in [1.82, 2.24) is 0 Å². The molecule has 0 aliphatic heterocycles. The van der Waals surface area contributed by atoms with Gasteiger partial charge in [0.05, 0.1) is 5.25 Å². The lowest BCUT2D eigenvalue weighted by atomic mass is 10.1. The first kappa shape index (κ1) is 12.8. The van der Waals surface area contributed by atoms with Crippen LogP contribution in [0.5, 0.6) is 0 Å². The second kappa shape index (κ2) is 5.43. The molecule has 1 aliphatic carbocycles. The second-order valence-corrected chi connectivity index (χ2v) is 6.35. The number of benzene rings is 1. The number of hydrogen-bond donors (Lipinski definition) is 1. The molecule has 19 heavy (non-hydrogen) atoms. The minimum Gasteiger partial charge on any atom is -0.465 e. The topological polar surface area (TPSA) is 39.2 Å². The van der Waals surface area contributed by atoms with Crippen molar-refractivity contribution in [2.24, 2.45) is 5.73 Å². The Hall–Kier alpha value is -1.19. The van der Waals surface area contributed by atoms with E-state index in [9.17, 15) is 0 Å². The SMILES string of the molecule is Cc1ccc(C(CN)Sc2ccc3c(c2)CCC3)o1. The van der Waals surface area contributed by atoms with Crippen LogP contribution in [-0.2, 0) is 12.8 Å². The van der Waals surface area contributed by atoms with Crippen LogP contribution in [0.1, 0.15) is 34.3 Å². The Morgan fingerprint density at radius 2 is 2.05 bits per heavy atom. The normalized spacial score (nSPS) is 15.5. The monoisotopic (exact) mass is 273 g/mol.